The second-order valence-electron chi connectivity index (χ2n) is 6.29. The molecule has 1 fully saturated rings. The fourth-order valence-electron chi connectivity index (χ4n) is 3.28. The minimum absolute atomic E-state index is 0.582. The van der Waals surface area contributed by atoms with E-state index in [2.05, 4.69) is 54.0 Å². The SMILES string of the molecule is CCc1ccc2c(c1)nc(CN(C)C)n2C1CCNCC1. The first-order chi connectivity index (χ1) is 10.2. The quantitative estimate of drug-likeness (QED) is 0.938. The van der Waals surface area contributed by atoms with Gasteiger partial charge in [-0.1, -0.05) is 13.0 Å². The van der Waals surface area contributed by atoms with E-state index < -0.39 is 0 Å². The lowest BCUT2D eigenvalue weighted by Gasteiger charge is -2.27. The van der Waals surface area contributed by atoms with Crippen LogP contribution in [0.2, 0.25) is 0 Å². The molecule has 1 aliphatic heterocycles. The molecule has 2 heterocycles. The van der Waals surface area contributed by atoms with E-state index in [1.807, 2.05) is 0 Å². The molecule has 21 heavy (non-hydrogen) atoms. The number of fused-ring (bicyclic) bond motifs is 1. The molecule has 0 unspecified atom stereocenters. The summed E-state index contributed by atoms with van der Waals surface area (Å²) >= 11 is 0. The Labute approximate surface area is 127 Å². The molecule has 0 saturated carbocycles. The number of aryl methyl sites for hydroxylation is 1. The van der Waals surface area contributed by atoms with E-state index in [9.17, 15) is 0 Å². The summed E-state index contributed by atoms with van der Waals surface area (Å²) in [6, 6.07) is 7.36. The van der Waals surface area contributed by atoms with E-state index in [1.54, 1.807) is 0 Å². The molecule has 1 N–H and O–H groups in total. The largest absolute Gasteiger partial charge is 0.324 e. The zero-order valence-corrected chi connectivity index (χ0v) is 13.4. The monoisotopic (exact) mass is 286 g/mol. The number of rotatable bonds is 4. The Balaban J connectivity index is 2.08. The van der Waals surface area contributed by atoms with Gasteiger partial charge >= 0.3 is 0 Å². The molecule has 3 rings (SSSR count). The van der Waals surface area contributed by atoms with Crippen LogP contribution in [0.25, 0.3) is 11.0 Å². The second kappa shape index (κ2) is 6.16. The molecule has 1 aromatic carbocycles. The lowest BCUT2D eigenvalue weighted by molar-refractivity contribution is 0.335. The van der Waals surface area contributed by atoms with Gasteiger partial charge in [0.1, 0.15) is 5.82 Å². The van der Waals surface area contributed by atoms with Gasteiger partial charge in [0.15, 0.2) is 0 Å². The lowest BCUT2D eigenvalue weighted by Crippen LogP contribution is -2.30. The summed E-state index contributed by atoms with van der Waals surface area (Å²) in [5.74, 6) is 1.20. The highest BCUT2D eigenvalue weighted by Crippen LogP contribution is 2.28. The standard InChI is InChI=1S/C17H26N4/c1-4-13-5-6-16-15(11-13)19-17(12-20(2)3)21(16)14-7-9-18-10-8-14/h5-6,11,14,18H,4,7-10,12H2,1-3H3. The molecule has 0 amide bonds. The molecular weight excluding hydrogens is 260 g/mol. The number of hydrogen-bond acceptors (Lipinski definition) is 3. The average molecular weight is 286 g/mol. The second-order valence-corrected chi connectivity index (χ2v) is 6.29. The normalized spacial score (nSPS) is 17.0. The third-order valence-corrected chi connectivity index (χ3v) is 4.37. The van der Waals surface area contributed by atoms with Gasteiger partial charge in [-0.3, -0.25) is 0 Å². The molecule has 4 heteroatoms. The summed E-state index contributed by atoms with van der Waals surface area (Å²) < 4.78 is 2.50. The van der Waals surface area contributed by atoms with Crippen molar-refractivity contribution in [3.63, 3.8) is 0 Å². The summed E-state index contributed by atoms with van der Waals surface area (Å²) in [7, 11) is 4.23. The summed E-state index contributed by atoms with van der Waals surface area (Å²) in [6.45, 7) is 5.32. The van der Waals surface area contributed by atoms with Gasteiger partial charge in [0.2, 0.25) is 0 Å². The number of nitrogens with zero attached hydrogens (tertiary/aromatic N) is 3. The molecular formula is C17H26N4. The van der Waals surface area contributed by atoms with Crippen molar-refractivity contribution in [2.24, 2.45) is 0 Å². The number of imidazole rings is 1. The van der Waals surface area contributed by atoms with Crippen LogP contribution in [-0.2, 0) is 13.0 Å². The molecule has 1 saturated heterocycles. The summed E-state index contributed by atoms with van der Waals surface area (Å²) in [4.78, 5) is 7.15. The van der Waals surface area contributed by atoms with Crippen molar-refractivity contribution in [3.8, 4) is 0 Å². The summed E-state index contributed by atoms with van der Waals surface area (Å²) in [6.07, 6.45) is 3.46. The van der Waals surface area contributed by atoms with Gasteiger partial charge in [-0.25, -0.2) is 4.98 Å². The van der Waals surface area contributed by atoms with Crippen molar-refractivity contribution in [1.82, 2.24) is 19.8 Å². The Hall–Kier alpha value is -1.39. The van der Waals surface area contributed by atoms with Crippen LogP contribution in [0.4, 0.5) is 0 Å². The number of hydrogen-bond donors (Lipinski definition) is 1. The third kappa shape index (κ3) is 2.97. The number of benzene rings is 1. The molecule has 114 valence electrons. The van der Waals surface area contributed by atoms with E-state index in [0.29, 0.717) is 6.04 Å². The first-order valence-corrected chi connectivity index (χ1v) is 8.04. The maximum Gasteiger partial charge on any atom is 0.124 e. The first-order valence-electron chi connectivity index (χ1n) is 8.04. The minimum Gasteiger partial charge on any atom is -0.324 e. The number of aromatic nitrogens is 2. The molecule has 2 aromatic rings. The maximum absolute atomic E-state index is 4.94. The zero-order valence-electron chi connectivity index (χ0n) is 13.4. The van der Waals surface area contributed by atoms with Crippen molar-refractivity contribution in [3.05, 3.63) is 29.6 Å². The molecule has 4 nitrogen and oxygen atoms in total. The highest BCUT2D eigenvalue weighted by Gasteiger charge is 2.21. The molecule has 1 aliphatic rings. The van der Waals surface area contributed by atoms with Crippen molar-refractivity contribution < 1.29 is 0 Å². The molecule has 0 bridgehead atoms. The highest BCUT2D eigenvalue weighted by molar-refractivity contribution is 5.77. The molecule has 1 aromatic heterocycles. The smallest absolute Gasteiger partial charge is 0.124 e. The summed E-state index contributed by atoms with van der Waals surface area (Å²) in [5.41, 5.74) is 3.83. The van der Waals surface area contributed by atoms with E-state index in [1.165, 1.54) is 29.7 Å². The number of piperidine rings is 1. The van der Waals surface area contributed by atoms with Gasteiger partial charge in [-0.15, -0.1) is 0 Å². The Morgan fingerprint density at radius 1 is 1.29 bits per heavy atom. The van der Waals surface area contributed by atoms with Crippen LogP contribution in [0, 0.1) is 0 Å². The van der Waals surface area contributed by atoms with Crippen LogP contribution < -0.4 is 5.32 Å². The van der Waals surface area contributed by atoms with Crippen LogP contribution in [0.1, 0.15) is 37.2 Å². The van der Waals surface area contributed by atoms with Crippen molar-refractivity contribution >= 4 is 11.0 Å². The van der Waals surface area contributed by atoms with Gasteiger partial charge in [0.05, 0.1) is 17.6 Å². The lowest BCUT2D eigenvalue weighted by atomic mass is 10.1. The molecule has 0 aliphatic carbocycles. The Morgan fingerprint density at radius 2 is 2.05 bits per heavy atom. The Morgan fingerprint density at radius 3 is 2.71 bits per heavy atom. The fourth-order valence-corrected chi connectivity index (χ4v) is 3.28. The van der Waals surface area contributed by atoms with Crippen LogP contribution in [0.15, 0.2) is 18.2 Å². The zero-order chi connectivity index (χ0) is 14.8. The Kier molecular flexibility index (Phi) is 4.27. The maximum atomic E-state index is 4.94. The fraction of sp³-hybridized carbons (Fsp3) is 0.588. The van der Waals surface area contributed by atoms with Gasteiger partial charge < -0.3 is 14.8 Å². The van der Waals surface area contributed by atoms with Crippen molar-refractivity contribution in [2.45, 2.75) is 38.8 Å². The van der Waals surface area contributed by atoms with Crippen molar-refractivity contribution in [2.75, 3.05) is 27.2 Å². The van der Waals surface area contributed by atoms with Crippen LogP contribution >= 0.6 is 0 Å². The topological polar surface area (TPSA) is 33.1 Å². The van der Waals surface area contributed by atoms with Crippen LogP contribution in [0.5, 0.6) is 0 Å². The van der Waals surface area contributed by atoms with E-state index in [0.717, 1.165) is 31.6 Å². The van der Waals surface area contributed by atoms with Crippen molar-refractivity contribution in [1.29, 1.82) is 0 Å². The third-order valence-electron chi connectivity index (χ3n) is 4.37. The predicted molar refractivity (Wildman–Crippen MR) is 87.6 cm³/mol. The molecule has 0 spiro atoms. The highest BCUT2D eigenvalue weighted by atomic mass is 15.2. The van der Waals surface area contributed by atoms with Gasteiger partial charge in [0.25, 0.3) is 0 Å². The van der Waals surface area contributed by atoms with Crippen LogP contribution in [0.3, 0.4) is 0 Å². The predicted octanol–water partition coefficient (Wildman–Crippen LogP) is 2.58. The molecule has 0 radical (unpaired) electrons. The van der Waals surface area contributed by atoms with Gasteiger partial charge in [-0.05, 0) is 64.1 Å². The number of nitrogens with one attached hydrogen (secondary N) is 1. The summed E-state index contributed by atoms with van der Waals surface area (Å²) in [5, 5.41) is 3.46. The van der Waals surface area contributed by atoms with Crippen LogP contribution in [-0.4, -0.2) is 41.6 Å². The van der Waals surface area contributed by atoms with Gasteiger partial charge in [0, 0.05) is 6.04 Å². The van der Waals surface area contributed by atoms with E-state index >= 15 is 0 Å². The molecule has 0 atom stereocenters. The van der Waals surface area contributed by atoms with Gasteiger partial charge in [-0.2, -0.15) is 0 Å². The average Bonchev–Trinajstić information content (AvgIpc) is 2.83. The Bertz CT molecular complexity index is 609. The minimum atomic E-state index is 0.582. The van der Waals surface area contributed by atoms with E-state index in [4.69, 9.17) is 4.98 Å². The van der Waals surface area contributed by atoms with E-state index in [-0.39, 0.29) is 0 Å². The first kappa shape index (κ1) is 14.5.